The molecule has 0 bridgehead atoms. The Bertz CT molecular complexity index is 367. The molecule has 0 aliphatic carbocycles. The lowest BCUT2D eigenvalue weighted by atomic mass is 10.00. The summed E-state index contributed by atoms with van der Waals surface area (Å²) >= 11 is 5.63. The van der Waals surface area contributed by atoms with Crippen LogP contribution in [0.2, 0.25) is 0 Å². The number of ether oxygens (including phenoxy) is 1. The van der Waals surface area contributed by atoms with Crippen molar-refractivity contribution in [2.75, 3.05) is 26.1 Å². The van der Waals surface area contributed by atoms with Gasteiger partial charge in [0.25, 0.3) is 0 Å². The second kappa shape index (κ2) is 6.27. The van der Waals surface area contributed by atoms with Crippen LogP contribution in [-0.4, -0.2) is 31.0 Å². The van der Waals surface area contributed by atoms with Gasteiger partial charge in [-0.2, -0.15) is 0 Å². The van der Waals surface area contributed by atoms with Crippen LogP contribution < -0.4 is 4.74 Å². The molecule has 0 N–H and O–H groups in total. The van der Waals surface area contributed by atoms with Gasteiger partial charge in [0, 0.05) is 19.0 Å². The van der Waals surface area contributed by atoms with Gasteiger partial charge in [0.15, 0.2) is 0 Å². The summed E-state index contributed by atoms with van der Waals surface area (Å²) in [6.07, 6.45) is 3.20. The average molecular weight is 254 g/mol. The van der Waals surface area contributed by atoms with Crippen molar-refractivity contribution in [2.45, 2.75) is 25.8 Å². The number of halogens is 1. The fraction of sp³-hybridized carbons (Fsp3) is 0.571. The third-order valence-electron chi connectivity index (χ3n) is 3.18. The second-order valence-corrected chi connectivity index (χ2v) is 5.04. The number of fused-ring (bicyclic) bond motifs is 1. The van der Waals surface area contributed by atoms with Gasteiger partial charge in [0.05, 0.1) is 6.61 Å². The zero-order valence-corrected chi connectivity index (χ0v) is 11.2. The number of unbranched alkanes of at least 4 members (excludes halogenated alkanes) is 1. The van der Waals surface area contributed by atoms with Crippen molar-refractivity contribution in [1.82, 2.24) is 4.90 Å². The summed E-state index contributed by atoms with van der Waals surface area (Å²) in [6, 6.07) is 6.48. The van der Waals surface area contributed by atoms with E-state index in [1.807, 2.05) is 0 Å². The predicted molar refractivity (Wildman–Crippen MR) is 71.9 cm³/mol. The van der Waals surface area contributed by atoms with Crippen LogP contribution in [-0.2, 0) is 13.0 Å². The Hall–Kier alpha value is -0.730. The van der Waals surface area contributed by atoms with Gasteiger partial charge < -0.3 is 9.64 Å². The maximum atomic E-state index is 5.73. The molecule has 0 radical (unpaired) electrons. The van der Waals surface area contributed by atoms with E-state index in [4.69, 9.17) is 16.3 Å². The van der Waals surface area contributed by atoms with Gasteiger partial charge in [-0.15, -0.1) is 11.6 Å². The van der Waals surface area contributed by atoms with Crippen molar-refractivity contribution in [3.63, 3.8) is 0 Å². The van der Waals surface area contributed by atoms with Crippen LogP contribution in [0.5, 0.6) is 5.75 Å². The van der Waals surface area contributed by atoms with E-state index < -0.39 is 0 Å². The summed E-state index contributed by atoms with van der Waals surface area (Å²) in [7, 11) is 2.16. The van der Waals surface area contributed by atoms with E-state index in [0.29, 0.717) is 0 Å². The number of hydrogen-bond donors (Lipinski definition) is 0. The molecule has 0 aromatic heterocycles. The maximum absolute atomic E-state index is 5.73. The summed E-state index contributed by atoms with van der Waals surface area (Å²) in [6.45, 7) is 2.96. The zero-order chi connectivity index (χ0) is 12.1. The SMILES string of the molecule is CN1CCc2ccc(OCCCCCl)cc2C1. The number of likely N-dealkylation sites (N-methyl/N-ethyl adjacent to an activating group) is 1. The molecule has 2 rings (SSSR count). The summed E-state index contributed by atoms with van der Waals surface area (Å²) in [5.74, 6) is 1.71. The third-order valence-corrected chi connectivity index (χ3v) is 3.44. The molecule has 1 aliphatic heterocycles. The van der Waals surface area contributed by atoms with Gasteiger partial charge in [-0.05, 0) is 49.6 Å². The van der Waals surface area contributed by atoms with E-state index >= 15 is 0 Å². The Balaban J connectivity index is 1.93. The lowest BCUT2D eigenvalue weighted by molar-refractivity contribution is 0.299. The number of hydrogen-bond acceptors (Lipinski definition) is 2. The van der Waals surface area contributed by atoms with Crippen molar-refractivity contribution in [1.29, 1.82) is 0 Å². The Morgan fingerprint density at radius 1 is 1.29 bits per heavy atom. The number of alkyl halides is 1. The van der Waals surface area contributed by atoms with Crippen LogP contribution in [0.25, 0.3) is 0 Å². The Morgan fingerprint density at radius 3 is 3.00 bits per heavy atom. The number of benzene rings is 1. The Morgan fingerprint density at radius 2 is 2.18 bits per heavy atom. The molecule has 1 heterocycles. The van der Waals surface area contributed by atoms with Crippen LogP contribution >= 0.6 is 11.6 Å². The van der Waals surface area contributed by atoms with Crippen molar-refractivity contribution < 1.29 is 4.74 Å². The molecule has 3 heteroatoms. The molecule has 0 saturated carbocycles. The summed E-state index contributed by atoms with van der Waals surface area (Å²) in [5, 5.41) is 0. The van der Waals surface area contributed by atoms with Crippen LogP contribution in [0, 0.1) is 0 Å². The highest BCUT2D eigenvalue weighted by atomic mass is 35.5. The van der Waals surface area contributed by atoms with Crippen molar-refractivity contribution >= 4 is 11.6 Å². The van der Waals surface area contributed by atoms with Crippen molar-refractivity contribution in [3.05, 3.63) is 29.3 Å². The van der Waals surface area contributed by atoms with Gasteiger partial charge in [0.2, 0.25) is 0 Å². The monoisotopic (exact) mass is 253 g/mol. The van der Waals surface area contributed by atoms with Gasteiger partial charge >= 0.3 is 0 Å². The largest absolute Gasteiger partial charge is 0.494 e. The predicted octanol–water partition coefficient (Wildman–Crippen LogP) is 3.07. The molecule has 17 heavy (non-hydrogen) atoms. The Kier molecular flexibility index (Phi) is 4.69. The molecule has 2 nitrogen and oxygen atoms in total. The third kappa shape index (κ3) is 3.62. The molecular formula is C14H20ClNO. The summed E-state index contributed by atoms with van der Waals surface area (Å²) in [4.78, 5) is 2.35. The molecule has 0 spiro atoms. The first-order valence-corrected chi connectivity index (χ1v) is 6.82. The Labute approximate surface area is 109 Å². The minimum Gasteiger partial charge on any atom is -0.494 e. The summed E-state index contributed by atoms with van der Waals surface area (Å²) < 4.78 is 5.73. The van der Waals surface area contributed by atoms with Crippen molar-refractivity contribution in [2.24, 2.45) is 0 Å². The first kappa shape index (κ1) is 12.7. The number of rotatable bonds is 5. The normalized spacial score (nSPS) is 15.6. The molecule has 0 unspecified atom stereocenters. The fourth-order valence-corrected chi connectivity index (χ4v) is 2.34. The van der Waals surface area contributed by atoms with Crippen LogP contribution in [0.1, 0.15) is 24.0 Å². The fourth-order valence-electron chi connectivity index (χ4n) is 2.15. The smallest absolute Gasteiger partial charge is 0.119 e. The van der Waals surface area contributed by atoms with E-state index in [0.717, 1.165) is 50.6 Å². The van der Waals surface area contributed by atoms with E-state index in [1.165, 1.54) is 11.1 Å². The van der Waals surface area contributed by atoms with E-state index in [-0.39, 0.29) is 0 Å². The minimum absolute atomic E-state index is 0.721. The van der Waals surface area contributed by atoms with Gasteiger partial charge in [-0.3, -0.25) is 0 Å². The highest BCUT2D eigenvalue weighted by molar-refractivity contribution is 6.17. The molecule has 0 atom stereocenters. The van der Waals surface area contributed by atoms with E-state index in [1.54, 1.807) is 0 Å². The van der Waals surface area contributed by atoms with Crippen molar-refractivity contribution in [3.8, 4) is 5.75 Å². The molecule has 1 aliphatic rings. The first-order valence-electron chi connectivity index (χ1n) is 6.28. The minimum atomic E-state index is 0.721. The zero-order valence-electron chi connectivity index (χ0n) is 10.4. The summed E-state index contributed by atoms with van der Waals surface area (Å²) in [5.41, 5.74) is 2.88. The maximum Gasteiger partial charge on any atom is 0.119 e. The molecular weight excluding hydrogens is 234 g/mol. The lowest BCUT2D eigenvalue weighted by Gasteiger charge is -2.25. The highest BCUT2D eigenvalue weighted by Gasteiger charge is 2.13. The molecule has 0 amide bonds. The molecule has 1 aromatic rings. The lowest BCUT2D eigenvalue weighted by Crippen LogP contribution is -2.26. The second-order valence-electron chi connectivity index (χ2n) is 4.66. The van der Waals surface area contributed by atoms with E-state index in [2.05, 4.69) is 30.1 Å². The van der Waals surface area contributed by atoms with Crippen LogP contribution in [0.3, 0.4) is 0 Å². The van der Waals surface area contributed by atoms with E-state index in [9.17, 15) is 0 Å². The standard InChI is InChI=1S/C14H20ClNO/c1-16-8-6-12-4-5-14(10-13(12)11-16)17-9-3-2-7-15/h4-5,10H,2-3,6-9,11H2,1H3. The number of nitrogens with zero attached hydrogens (tertiary/aromatic N) is 1. The molecule has 0 saturated heterocycles. The van der Waals surface area contributed by atoms with Crippen LogP contribution in [0.15, 0.2) is 18.2 Å². The molecule has 94 valence electrons. The molecule has 0 fully saturated rings. The highest BCUT2D eigenvalue weighted by Crippen LogP contribution is 2.23. The first-order chi connectivity index (χ1) is 8.29. The van der Waals surface area contributed by atoms with Gasteiger partial charge in [0.1, 0.15) is 5.75 Å². The van der Waals surface area contributed by atoms with Gasteiger partial charge in [-0.25, -0.2) is 0 Å². The average Bonchev–Trinajstić information content (AvgIpc) is 2.34. The molecule has 1 aromatic carbocycles. The topological polar surface area (TPSA) is 12.5 Å². The van der Waals surface area contributed by atoms with Gasteiger partial charge in [-0.1, -0.05) is 6.07 Å². The quantitative estimate of drug-likeness (QED) is 0.591. The van der Waals surface area contributed by atoms with Crippen LogP contribution in [0.4, 0.5) is 0 Å².